The molecule has 1 heterocycles. The van der Waals surface area contributed by atoms with Crippen LogP contribution in [0, 0.1) is 0 Å². The van der Waals surface area contributed by atoms with E-state index in [4.69, 9.17) is 10.5 Å². The molecule has 0 saturated carbocycles. The molecule has 20 heavy (non-hydrogen) atoms. The lowest BCUT2D eigenvalue weighted by atomic mass is 10.1. The molecule has 1 unspecified atom stereocenters. The van der Waals surface area contributed by atoms with Crippen LogP contribution in [0.4, 0.5) is 4.79 Å². The van der Waals surface area contributed by atoms with E-state index in [1.54, 1.807) is 11.3 Å². The number of carbonyl (C=O) groups is 1. The molecule has 2 rings (SSSR count). The predicted molar refractivity (Wildman–Crippen MR) is 83.0 cm³/mol. The van der Waals surface area contributed by atoms with Gasteiger partial charge in [-0.3, -0.25) is 0 Å². The van der Waals surface area contributed by atoms with Crippen LogP contribution >= 0.6 is 11.3 Å². The Labute approximate surface area is 122 Å². The maximum atomic E-state index is 11.6. The summed E-state index contributed by atoms with van der Waals surface area (Å²) in [5, 5.41) is 5.91. The van der Waals surface area contributed by atoms with E-state index < -0.39 is 11.7 Å². The zero-order valence-corrected chi connectivity index (χ0v) is 12.8. The number of nitrogens with one attached hydrogen (secondary N) is 1. The summed E-state index contributed by atoms with van der Waals surface area (Å²) >= 11 is 1.66. The minimum atomic E-state index is -0.497. The zero-order valence-electron chi connectivity index (χ0n) is 12.0. The van der Waals surface area contributed by atoms with Crippen LogP contribution in [-0.2, 0) is 4.74 Å². The highest BCUT2D eigenvalue weighted by atomic mass is 32.1. The Kier molecular flexibility index (Phi) is 4.30. The molecule has 0 fully saturated rings. The summed E-state index contributed by atoms with van der Waals surface area (Å²) < 4.78 is 6.39. The van der Waals surface area contributed by atoms with Crippen LogP contribution < -0.4 is 11.1 Å². The Balaban J connectivity index is 1.99. The lowest BCUT2D eigenvalue weighted by molar-refractivity contribution is 0.0524. The fourth-order valence-corrected chi connectivity index (χ4v) is 2.93. The number of carbonyl (C=O) groups excluding carboxylic acids is 1. The topological polar surface area (TPSA) is 64.3 Å². The molecule has 0 aliphatic carbocycles. The Morgan fingerprint density at radius 1 is 1.40 bits per heavy atom. The number of hydrogen-bond donors (Lipinski definition) is 2. The van der Waals surface area contributed by atoms with Gasteiger partial charge in [0.1, 0.15) is 5.60 Å². The highest BCUT2D eigenvalue weighted by molar-refractivity contribution is 7.17. The average molecular weight is 292 g/mol. The summed E-state index contributed by atoms with van der Waals surface area (Å²) in [7, 11) is 0. The molecule has 4 nitrogen and oxygen atoms in total. The van der Waals surface area contributed by atoms with Gasteiger partial charge in [-0.15, -0.1) is 11.3 Å². The lowest BCUT2D eigenvalue weighted by Crippen LogP contribution is -2.36. The van der Waals surface area contributed by atoms with Crippen LogP contribution in [-0.4, -0.2) is 18.2 Å². The number of amides is 1. The van der Waals surface area contributed by atoms with Crippen LogP contribution in [0.5, 0.6) is 0 Å². The van der Waals surface area contributed by atoms with Gasteiger partial charge in [0, 0.05) is 17.3 Å². The van der Waals surface area contributed by atoms with Crippen molar-refractivity contribution < 1.29 is 9.53 Å². The Morgan fingerprint density at radius 2 is 2.10 bits per heavy atom. The lowest BCUT2D eigenvalue weighted by Gasteiger charge is -2.20. The molecule has 2 aromatic rings. The molecule has 0 radical (unpaired) electrons. The summed E-state index contributed by atoms with van der Waals surface area (Å²) in [6.07, 6.45) is -0.438. The van der Waals surface area contributed by atoms with Crippen molar-refractivity contribution in [1.82, 2.24) is 5.32 Å². The van der Waals surface area contributed by atoms with Crippen molar-refractivity contribution in [3.8, 4) is 0 Å². The Bertz CT molecular complexity index is 601. The number of fused-ring (bicyclic) bond motifs is 1. The normalized spacial score (nSPS) is 13.2. The van der Waals surface area contributed by atoms with Crippen LogP contribution in [0.3, 0.4) is 0 Å². The molecule has 108 valence electrons. The van der Waals surface area contributed by atoms with E-state index in [-0.39, 0.29) is 6.04 Å². The van der Waals surface area contributed by atoms with Crippen molar-refractivity contribution in [2.24, 2.45) is 5.73 Å². The molecule has 0 aliphatic rings. The van der Waals surface area contributed by atoms with E-state index in [1.165, 1.54) is 4.70 Å². The predicted octanol–water partition coefficient (Wildman–Crippen LogP) is 3.43. The molecule has 1 amide bonds. The van der Waals surface area contributed by atoms with Crippen molar-refractivity contribution in [1.29, 1.82) is 0 Å². The molecule has 0 aliphatic heterocycles. The van der Waals surface area contributed by atoms with Gasteiger partial charge in [0.25, 0.3) is 0 Å². The first kappa shape index (κ1) is 14.8. The first-order valence-corrected chi connectivity index (χ1v) is 7.43. The number of rotatable bonds is 3. The van der Waals surface area contributed by atoms with E-state index in [0.717, 1.165) is 10.9 Å². The maximum absolute atomic E-state index is 11.6. The van der Waals surface area contributed by atoms with Gasteiger partial charge in [0.05, 0.1) is 0 Å². The fraction of sp³-hybridized carbons (Fsp3) is 0.400. The first-order chi connectivity index (χ1) is 9.37. The SMILES string of the molecule is CC(C)(C)OC(=O)NCC(N)c1csc2ccccc12. The summed E-state index contributed by atoms with van der Waals surface area (Å²) in [5.74, 6) is 0. The third-order valence-corrected chi connectivity index (χ3v) is 3.76. The Hall–Kier alpha value is -1.59. The van der Waals surface area contributed by atoms with Crippen LogP contribution in [0.2, 0.25) is 0 Å². The highest BCUT2D eigenvalue weighted by Gasteiger charge is 2.18. The zero-order chi connectivity index (χ0) is 14.8. The molecule has 0 spiro atoms. The van der Waals surface area contributed by atoms with Crippen molar-refractivity contribution >= 4 is 27.5 Å². The Morgan fingerprint density at radius 3 is 2.80 bits per heavy atom. The maximum Gasteiger partial charge on any atom is 0.407 e. The van der Waals surface area contributed by atoms with E-state index in [0.29, 0.717) is 6.54 Å². The second-order valence-corrected chi connectivity index (χ2v) is 6.59. The minimum Gasteiger partial charge on any atom is -0.444 e. The van der Waals surface area contributed by atoms with E-state index in [9.17, 15) is 4.79 Å². The first-order valence-electron chi connectivity index (χ1n) is 6.55. The molecular formula is C15H20N2O2S. The fourth-order valence-electron chi connectivity index (χ4n) is 1.90. The van der Waals surface area contributed by atoms with Crippen molar-refractivity contribution in [3.63, 3.8) is 0 Å². The smallest absolute Gasteiger partial charge is 0.407 e. The summed E-state index contributed by atoms with van der Waals surface area (Å²) in [4.78, 5) is 11.6. The molecule has 1 atom stereocenters. The van der Waals surface area contributed by atoms with Gasteiger partial charge in [0.15, 0.2) is 0 Å². The molecular weight excluding hydrogens is 272 g/mol. The number of thiophene rings is 1. The van der Waals surface area contributed by atoms with Gasteiger partial charge in [-0.25, -0.2) is 4.79 Å². The number of nitrogens with two attached hydrogens (primary N) is 1. The molecule has 3 N–H and O–H groups in total. The standard InChI is InChI=1S/C15H20N2O2S/c1-15(2,3)19-14(18)17-8-12(16)11-9-20-13-7-5-4-6-10(11)13/h4-7,9,12H,8,16H2,1-3H3,(H,17,18). The highest BCUT2D eigenvalue weighted by Crippen LogP contribution is 2.28. The van der Waals surface area contributed by atoms with Crippen molar-refractivity contribution in [2.45, 2.75) is 32.4 Å². The van der Waals surface area contributed by atoms with E-state index >= 15 is 0 Å². The number of hydrogen-bond acceptors (Lipinski definition) is 4. The third kappa shape index (κ3) is 3.71. The number of ether oxygens (including phenoxy) is 1. The molecule has 1 aromatic carbocycles. The monoisotopic (exact) mass is 292 g/mol. The average Bonchev–Trinajstić information content (AvgIpc) is 2.78. The molecule has 0 saturated heterocycles. The van der Waals surface area contributed by atoms with Crippen molar-refractivity contribution in [2.75, 3.05) is 6.54 Å². The third-order valence-electron chi connectivity index (χ3n) is 2.78. The van der Waals surface area contributed by atoms with E-state index in [1.807, 2.05) is 38.3 Å². The molecule has 5 heteroatoms. The van der Waals surface area contributed by atoms with Crippen LogP contribution in [0.1, 0.15) is 32.4 Å². The van der Waals surface area contributed by atoms with Crippen molar-refractivity contribution in [3.05, 3.63) is 35.2 Å². The van der Waals surface area contributed by atoms with Gasteiger partial charge >= 0.3 is 6.09 Å². The van der Waals surface area contributed by atoms with Gasteiger partial charge < -0.3 is 15.8 Å². The second kappa shape index (κ2) is 5.81. The van der Waals surface area contributed by atoms with Gasteiger partial charge in [-0.05, 0) is 43.2 Å². The minimum absolute atomic E-state index is 0.237. The second-order valence-electron chi connectivity index (χ2n) is 5.68. The summed E-state index contributed by atoms with van der Waals surface area (Å²) in [5.41, 5.74) is 6.71. The summed E-state index contributed by atoms with van der Waals surface area (Å²) in [6.45, 7) is 5.85. The van der Waals surface area contributed by atoms with Gasteiger partial charge in [0.2, 0.25) is 0 Å². The number of alkyl carbamates (subject to hydrolysis) is 1. The van der Waals surface area contributed by atoms with Gasteiger partial charge in [-0.1, -0.05) is 18.2 Å². The van der Waals surface area contributed by atoms with Gasteiger partial charge in [-0.2, -0.15) is 0 Å². The molecule has 0 bridgehead atoms. The van der Waals surface area contributed by atoms with E-state index in [2.05, 4.69) is 17.4 Å². The molecule has 1 aromatic heterocycles. The summed E-state index contributed by atoms with van der Waals surface area (Å²) in [6, 6.07) is 7.88. The largest absolute Gasteiger partial charge is 0.444 e. The quantitative estimate of drug-likeness (QED) is 0.911. The number of benzene rings is 1. The van der Waals surface area contributed by atoms with Crippen LogP contribution in [0.15, 0.2) is 29.6 Å². The van der Waals surface area contributed by atoms with Crippen LogP contribution in [0.25, 0.3) is 10.1 Å².